The van der Waals surface area contributed by atoms with Gasteiger partial charge in [0.05, 0.1) is 31.5 Å². The molecule has 0 amide bonds. The number of hydrogen-bond donors (Lipinski definition) is 1. The lowest BCUT2D eigenvalue weighted by molar-refractivity contribution is -0.0826. The Balaban J connectivity index is 1.66. The van der Waals surface area contributed by atoms with Crippen molar-refractivity contribution in [3.63, 3.8) is 0 Å². The fourth-order valence-corrected chi connectivity index (χ4v) is 2.67. The summed E-state index contributed by atoms with van der Waals surface area (Å²) in [6, 6.07) is 10.0. The molecule has 1 N–H and O–H groups in total. The Hall–Kier alpha value is -0.940. The first-order valence-electron chi connectivity index (χ1n) is 7.31. The van der Waals surface area contributed by atoms with Gasteiger partial charge in [0, 0.05) is 19.6 Å². The van der Waals surface area contributed by atoms with Crippen molar-refractivity contribution in [1.82, 2.24) is 4.90 Å². The summed E-state index contributed by atoms with van der Waals surface area (Å²) in [5, 5.41) is 10.0. The maximum absolute atomic E-state index is 10.0. The number of rotatable bonds is 6. The van der Waals surface area contributed by atoms with Crippen molar-refractivity contribution < 1.29 is 14.6 Å². The Bertz CT molecular complexity index is 375. The van der Waals surface area contributed by atoms with E-state index in [4.69, 9.17) is 9.47 Å². The molecule has 0 unspecified atom stereocenters. The summed E-state index contributed by atoms with van der Waals surface area (Å²) in [4.78, 5) is 2.25. The van der Waals surface area contributed by atoms with Crippen LogP contribution >= 0.6 is 0 Å². The number of aliphatic hydroxyl groups excluding tert-OH is 1. The molecule has 3 atom stereocenters. The van der Waals surface area contributed by atoms with Gasteiger partial charge in [0.25, 0.3) is 0 Å². The van der Waals surface area contributed by atoms with Gasteiger partial charge in [0.1, 0.15) is 0 Å². The van der Waals surface area contributed by atoms with Crippen molar-refractivity contribution in [2.45, 2.75) is 38.8 Å². The number of morpholine rings is 1. The second kappa shape index (κ2) is 7.74. The normalized spacial score (nSPS) is 25.6. The summed E-state index contributed by atoms with van der Waals surface area (Å²) in [5.41, 5.74) is 1.13. The summed E-state index contributed by atoms with van der Waals surface area (Å²) < 4.78 is 11.3. The highest BCUT2D eigenvalue weighted by Crippen LogP contribution is 2.11. The van der Waals surface area contributed by atoms with Crippen LogP contribution in [0.5, 0.6) is 0 Å². The van der Waals surface area contributed by atoms with E-state index in [1.54, 1.807) is 0 Å². The second-order valence-corrected chi connectivity index (χ2v) is 5.63. The maximum atomic E-state index is 10.0. The molecule has 0 radical (unpaired) electrons. The lowest BCUT2D eigenvalue weighted by Crippen LogP contribution is -2.48. The van der Waals surface area contributed by atoms with Gasteiger partial charge >= 0.3 is 0 Å². The van der Waals surface area contributed by atoms with Crippen molar-refractivity contribution in [1.29, 1.82) is 0 Å². The van der Waals surface area contributed by atoms with Crippen LogP contribution in [-0.4, -0.2) is 54.6 Å². The number of β-amino-alcohol motifs (C(OH)–C–C–N with tert-alkyl or cyclic N) is 1. The first-order chi connectivity index (χ1) is 9.63. The summed E-state index contributed by atoms with van der Waals surface area (Å²) in [7, 11) is 0. The van der Waals surface area contributed by atoms with Crippen molar-refractivity contribution >= 4 is 0 Å². The Morgan fingerprint density at radius 2 is 1.90 bits per heavy atom. The van der Waals surface area contributed by atoms with E-state index in [2.05, 4.69) is 18.7 Å². The molecule has 0 aromatic heterocycles. The Labute approximate surface area is 121 Å². The average Bonchev–Trinajstić information content (AvgIpc) is 2.38. The van der Waals surface area contributed by atoms with E-state index >= 15 is 0 Å². The topological polar surface area (TPSA) is 41.9 Å². The lowest BCUT2D eigenvalue weighted by atomic mass is 10.2. The minimum Gasteiger partial charge on any atom is -0.389 e. The fraction of sp³-hybridized carbons (Fsp3) is 0.625. The van der Waals surface area contributed by atoms with E-state index in [1.807, 2.05) is 30.3 Å². The van der Waals surface area contributed by atoms with Crippen LogP contribution < -0.4 is 0 Å². The lowest BCUT2D eigenvalue weighted by Gasteiger charge is -2.36. The molecule has 1 aromatic carbocycles. The van der Waals surface area contributed by atoms with Crippen LogP contribution in [0.1, 0.15) is 19.4 Å². The zero-order valence-corrected chi connectivity index (χ0v) is 12.4. The largest absolute Gasteiger partial charge is 0.389 e. The highest BCUT2D eigenvalue weighted by Gasteiger charge is 2.23. The third kappa shape index (κ3) is 5.21. The minimum atomic E-state index is -0.448. The highest BCUT2D eigenvalue weighted by atomic mass is 16.5. The number of nitrogens with zero attached hydrogens (tertiary/aromatic N) is 1. The molecule has 0 aliphatic carbocycles. The first-order valence-corrected chi connectivity index (χ1v) is 7.31. The van der Waals surface area contributed by atoms with E-state index in [0.29, 0.717) is 19.8 Å². The Morgan fingerprint density at radius 3 is 2.55 bits per heavy atom. The van der Waals surface area contributed by atoms with E-state index in [0.717, 1.165) is 18.7 Å². The Kier molecular flexibility index (Phi) is 5.98. The molecule has 0 saturated carbocycles. The second-order valence-electron chi connectivity index (χ2n) is 5.63. The predicted molar refractivity (Wildman–Crippen MR) is 78.6 cm³/mol. The van der Waals surface area contributed by atoms with Crippen molar-refractivity contribution in [3.8, 4) is 0 Å². The minimum absolute atomic E-state index is 0.233. The number of aliphatic hydroxyl groups is 1. The van der Waals surface area contributed by atoms with Crippen LogP contribution in [0.2, 0.25) is 0 Å². The quantitative estimate of drug-likeness (QED) is 0.860. The van der Waals surface area contributed by atoms with Gasteiger partial charge in [-0.05, 0) is 19.4 Å². The third-order valence-corrected chi connectivity index (χ3v) is 3.39. The third-order valence-electron chi connectivity index (χ3n) is 3.39. The predicted octanol–water partition coefficient (Wildman–Crippen LogP) is 1.67. The van der Waals surface area contributed by atoms with Crippen LogP contribution in [0.4, 0.5) is 0 Å². The standard InChI is InChI=1S/C16H25NO3/c1-13-8-17(9-14(2)20-13)10-16(18)12-19-11-15-6-4-3-5-7-15/h3-7,13-14,16,18H,8-12H2,1-2H3/t13-,14-,16+/m1/s1. The van der Waals surface area contributed by atoms with Gasteiger partial charge in [-0.15, -0.1) is 0 Å². The van der Waals surface area contributed by atoms with Gasteiger partial charge in [-0.25, -0.2) is 0 Å². The van der Waals surface area contributed by atoms with E-state index < -0.39 is 6.10 Å². The van der Waals surface area contributed by atoms with Crippen molar-refractivity contribution in [2.24, 2.45) is 0 Å². The van der Waals surface area contributed by atoms with Gasteiger partial charge in [0.15, 0.2) is 0 Å². The van der Waals surface area contributed by atoms with Crippen LogP contribution in [0.25, 0.3) is 0 Å². The number of benzene rings is 1. The summed E-state index contributed by atoms with van der Waals surface area (Å²) in [6.07, 6.45) is 0.0172. The molecule has 4 heteroatoms. The molecule has 1 aromatic rings. The van der Waals surface area contributed by atoms with Crippen LogP contribution in [0.3, 0.4) is 0 Å². The molecule has 112 valence electrons. The van der Waals surface area contributed by atoms with Crippen LogP contribution in [0.15, 0.2) is 30.3 Å². The zero-order valence-electron chi connectivity index (χ0n) is 12.4. The van der Waals surface area contributed by atoms with Crippen molar-refractivity contribution in [3.05, 3.63) is 35.9 Å². The highest BCUT2D eigenvalue weighted by molar-refractivity contribution is 5.13. The zero-order chi connectivity index (χ0) is 14.4. The first kappa shape index (κ1) is 15.4. The molecular formula is C16H25NO3. The summed E-state index contributed by atoms with van der Waals surface area (Å²) >= 11 is 0. The van der Waals surface area contributed by atoms with Crippen LogP contribution in [0, 0.1) is 0 Å². The van der Waals surface area contributed by atoms with E-state index in [9.17, 15) is 5.11 Å². The van der Waals surface area contributed by atoms with Gasteiger partial charge in [-0.1, -0.05) is 30.3 Å². The molecule has 1 saturated heterocycles. The molecule has 4 nitrogen and oxygen atoms in total. The molecule has 1 aliphatic rings. The van der Waals surface area contributed by atoms with Gasteiger partial charge < -0.3 is 14.6 Å². The molecule has 0 spiro atoms. The summed E-state index contributed by atoms with van der Waals surface area (Å²) in [5.74, 6) is 0. The fourth-order valence-electron chi connectivity index (χ4n) is 2.67. The molecule has 20 heavy (non-hydrogen) atoms. The molecule has 2 rings (SSSR count). The number of ether oxygens (including phenoxy) is 2. The monoisotopic (exact) mass is 279 g/mol. The SMILES string of the molecule is C[C@@H]1CN(C[C@H](O)COCc2ccccc2)C[C@@H](C)O1. The van der Waals surface area contributed by atoms with Gasteiger partial charge in [0.2, 0.25) is 0 Å². The van der Waals surface area contributed by atoms with Gasteiger partial charge in [-0.3, -0.25) is 4.90 Å². The maximum Gasteiger partial charge on any atom is 0.0900 e. The van der Waals surface area contributed by atoms with E-state index in [1.165, 1.54) is 0 Å². The molecule has 1 heterocycles. The number of hydrogen-bond acceptors (Lipinski definition) is 4. The molecule has 1 aliphatic heterocycles. The molecular weight excluding hydrogens is 254 g/mol. The van der Waals surface area contributed by atoms with Gasteiger partial charge in [-0.2, -0.15) is 0 Å². The molecule has 1 fully saturated rings. The smallest absolute Gasteiger partial charge is 0.0900 e. The average molecular weight is 279 g/mol. The Morgan fingerprint density at radius 1 is 1.25 bits per heavy atom. The summed E-state index contributed by atoms with van der Waals surface area (Å²) in [6.45, 7) is 7.46. The molecule has 0 bridgehead atoms. The van der Waals surface area contributed by atoms with Crippen molar-refractivity contribution in [2.75, 3.05) is 26.2 Å². The van der Waals surface area contributed by atoms with E-state index in [-0.39, 0.29) is 12.2 Å². The van der Waals surface area contributed by atoms with Crippen LogP contribution in [-0.2, 0) is 16.1 Å².